The van der Waals surface area contributed by atoms with Gasteiger partial charge in [0.25, 0.3) is 5.91 Å². The molecule has 1 aromatic heterocycles. The summed E-state index contributed by atoms with van der Waals surface area (Å²) in [6, 6.07) is 0.523. The van der Waals surface area contributed by atoms with Crippen molar-refractivity contribution < 1.29 is 17.9 Å². The first-order valence-electron chi connectivity index (χ1n) is 10.3. The molecule has 0 bridgehead atoms. The van der Waals surface area contributed by atoms with E-state index in [2.05, 4.69) is 9.88 Å². The van der Waals surface area contributed by atoms with Crippen LogP contribution in [0.4, 0.5) is 0 Å². The standard InChI is InChI=1S/C19H33N5O4S/c1-21(19(25)18-13-20-15-22(18)2)9-10-24(16-6-11-28-12-7-16)17-5-4-8-23(14-17)29(3,26)27/h13,15-17H,4-12,14H2,1-3H3. The van der Waals surface area contributed by atoms with Gasteiger partial charge in [0.15, 0.2) is 0 Å². The first-order valence-corrected chi connectivity index (χ1v) is 12.1. The number of carbonyl (C=O) groups is 1. The van der Waals surface area contributed by atoms with E-state index in [9.17, 15) is 13.2 Å². The highest BCUT2D eigenvalue weighted by Crippen LogP contribution is 2.24. The first-order chi connectivity index (χ1) is 13.8. The number of sulfonamides is 1. The number of likely N-dealkylation sites (N-methyl/N-ethyl adjacent to an activating group) is 1. The van der Waals surface area contributed by atoms with E-state index in [4.69, 9.17) is 4.74 Å². The molecule has 1 unspecified atom stereocenters. The third kappa shape index (κ3) is 5.56. The summed E-state index contributed by atoms with van der Waals surface area (Å²) in [5.41, 5.74) is 0.561. The van der Waals surface area contributed by atoms with Crippen molar-refractivity contribution in [3.05, 3.63) is 18.2 Å². The highest BCUT2D eigenvalue weighted by atomic mass is 32.2. The average molecular weight is 428 g/mol. The Bertz CT molecular complexity index is 790. The van der Waals surface area contributed by atoms with Gasteiger partial charge in [-0.2, -0.15) is 0 Å². The van der Waals surface area contributed by atoms with Crippen molar-refractivity contribution in [3.8, 4) is 0 Å². The molecule has 2 saturated heterocycles. The number of aromatic nitrogens is 2. The Balaban J connectivity index is 1.68. The predicted octanol–water partition coefficient (Wildman–Crippen LogP) is 0.397. The van der Waals surface area contributed by atoms with Crippen molar-refractivity contribution in [2.75, 3.05) is 52.7 Å². The molecule has 164 valence electrons. The van der Waals surface area contributed by atoms with Crippen LogP contribution in [0.1, 0.15) is 36.2 Å². The van der Waals surface area contributed by atoms with E-state index in [0.29, 0.717) is 37.9 Å². The Hall–Kier alpha value is -1.49. The summed E-state index contributed by atoms with van der Waals surface area (Å²) in [5.74, 6) is -0.0571. The number of aryl methyl sites for hydroxylation is 1. The molecule has 9 nitrogen and oxygen atoms in total. The fourth-order valence-electron chi connectivity index (χ4n) is 4.30. The molecule has 0 aromatic carbocycles. The molecule has 3 heterocycles. The molecule has 29 heavy (non-hydrogen) atoms. The number of amides is 1. The predicted molar refractivity (Wildman–Crippen MR) is 110 cm³/mol. The van der Waals surface area contributed by atoms with Crippen LogP contribution in [0.15, 0.2) is 12.5 Å². The van der Waals surface area contributed by atoms with E-state index in [1.165, 1.54) is 6.26 Å². The summed E-state index contributed by atoms with van der Waals surface area (Å²) in [6.07, 6.45) is 8.21. The van der Waals surface area contributed by atoms with Crippen molar-refractivity contribution in [2.24, 2.45) is 7.05 Å². The number of nitrogens with zero attached hydrogens (tertiary/aromatic N) is 5. The van der Waals surface area contributed by atoms with Crippen molar-refractivity contribution in [2.45, 2.75) is 37.8 Å². The van der Waals surface area contributed by atoms with Gasteiger partial charge < -0.3 is 14.2 Å². The molecule has 0 saturated carbocycles. The van der Waals surface area contributed by atoms with Crippen molar-refractivity contribution in [3.63, 3.8) is 0 Å². The molecule has 0 radical (unpaired) electrons. The number of hydrogen-bond donors (Lipinski definition) is 0. The van der Waals surface area contributed by atoms with Gasteiger partial charge in [-0.3, -0.25) is 9.69 Å². The zero-order valence-electron chi connectivity index (χ0n) is 17.7. The third-order valence-electron chi connectivity index (χ3n) is 6.03. The zero-order chi connectivity index (χ0) is 21.0. The largest absolute Gasteiger partial charge is 0.381 e. The fraction of sp³-hybridized carbons (Fsp3) is 0.789. The van der Waals surface area contributed by atoms with E-state index in [1.807, 2.05) is 7.05 Å². The van der Waals surface area contributed by atoms with Crippen LogP contribution in [0, 0.1) is 0 Å². The smallest absolute Gasteiger partial charge is 0.271 e. The summed E-state index contributed by atoms with van der Waals surface area (Å²) in [6.45, 7) is 3.87. The number of carbonyl (C=O) groups excluding carboxylic acids is 1. The molecule has 0 aliphatic carbocycles. The Morgan fingerprint density at radius 3 is 2.59 bits per heavy atom. The van der Waals surface area contributed by atoms with Crippen LogP contribution in [-0.4, -0.2) is 103 Å². The lowest BCUT2D eigenvalue weighted by molar-refractivity contribution is 0.00315. The Morgan fingerprint density at radius 1 is 1.24 bits per heavy atom. The lowest BCUT2D eigenvalue weighted by Gasteiger charge is -2.44. The van der Waals surface area contributed by atoms with Crippen LogP contribution in [0.25, 0.3) is 0 Å². The molecular weight excluding hydrogens is 394 g/mol. The normalized spacial score (nSPS) is 22.1. The Morgan fingerprint density at radius 2 is 1.97 bits per heavy atom. The van der Waals surface area contributed by atoms with Crippen LogP contribution < -0.4 is 0 Å². The quantitative estimate of drug-likeness (QED) is 0.626. The topological polar surface area (TPSA) is 88.0 Å². The number of rotatable bonds is 7. The molecule has 2 fully saturated rings. The lowest BCUT2D eigenvalue weighted by atomic mass is 9.99. The van der Waals surface area contributed by atoms with Crippen LogP contribution in [-0.2, 0) is 21.8 Å². The molecule has 10 heteroatoms. The second-order valence-electron chi connectivity index (χ2n) is 8.11. The minimum Gasteiger partial charge on any atom is -0.381 e. The summed E-state index contributed by atoms with van der Waals surface area (Å²) < 4.78 is 33.0. The second kappa shape index (κ2) is 9.55. The van der Waals surface area contributed by atoms with Gasteiger partial charge in [0.2, 0.25) is 10.0 Å². The minimum absolute atomic E-state index is 0.0571. The SMILES string of the molecule is CN(CCN(C1CCOCC1)C1CCCN(S(C)(=O)=O)C1)C(=O)c1cncn1C. The summed E-state index contributed by atoms with van der Waals surface area (Å²) in [4.78, 5) is 20.9. The maximum absolute atomic E-state index is 12.7. The van der Waals surface area contributed by atoms with E-state index < -0.39 is 10.0 Å². The molecule has 0 N–H and O–H groups in total. The van der Waals surface area contributed by atoms with Gasteiger partial charge in [-0.25, -0.2) is 17.7 Å². The number of ether oxygens (including phenoxy) is 1. The molecule has 1 atom stereocenters. The third-order valence-corrected chi connectivity index (χ3v) is 7.30. The van der Waals surface area contributed by atoms with Crippen molar-refractivity contribution in [1.29, 1.82) is 0 Å². The summed E-state index contributed by atoms with van der Waals surface area (Å²) in [7, 11) is 0.422. The van der Waals surface area contributed by atoms with Crippen LogP contribution in [0.5, 0.6) is 0 Å². The molecule has 3 rings (SSSR count). The van der Waals surface area contributed by atoms with Gasteiger partial charge in [0, 0.05) is 65.6 Å². The van der Waals surface area contributed by atoms with Gasteiger partial charge in [0.05, 0.1) is 18.8 Å². The zero-order valence-corrected chi connectivity index (χ0v) is 18.5. The van der Waals surface area contributed by atoms with E-state index in [1.54, 1.807) is 33.3 Å². The van der Waals surface area contributed by atoms with Gasteiger partial charge in [-0.05, 0) is 25.7 Å². The highest BCUT2D eigenvalue weighted by Gasteiger charge is 2.34. The maximum atomic E-state index is 12.7. The van der Waals surface area contributed by atoms with Crippen LogP contribution in [0.3, 0.4) is 0 Å². The average Bonchev–Trinajstić information content (AvgIpc) is 3.13. The van der Waals surface area contributed by atoms with E-state index >= 15 is 0 Å². The fourth-order valence-corrected chi connectivity index (χ4v) is 5.20. The van der Waals surface area contributed by atoms with Gasteiger partial charge >= 0.3 is 0 Å². The first kappa shape index (κ1) is 22.2. The van der Waals surface area contributed by atoms with Crippen LogP contribution in [0.2, 0.25) is 0 Å². The number of hydrogen-bond acceptors (Lipinski definition) is 6. The summed E-state index contributed by atoms with van der Waals surface area (Å²) in [5, 5.41) is 0. The Labute approximate surface area is 173 Å². The maximum Gasteiger partial charge on any atom is 0.271 e. The second-order valence-corrected chi connectivity index (χ2v) is 10.1. The molecule has 2 aliphatic rings. The lowest BCUT2D eigenvalue weighted by Crippen LogP contribution is -2.55. The van der Waals surface area contributed by atoms with Gasteiger partial charge in [-0.15, -0.1) is 0 Å². The summed E-state index contributed by atoms with van der Waals surface area (Å²) >= 11 is 0. The number of imidazole rings is 1. The monoisotopic (exact) mass is 427 g/mol. The van der Waals surface area contributed by atoms with Crippen molar-refractivity contribution in [1.82, 2.24) is 23.7 Å². The number of piperidine rings is 1. The Kier molecular flexibility index (Phi) is 7.31. The van der Waals surface area contributed by atoms with Crippen LogP contribution >= 0.6 is 0 Å². The minimum atomic E-state index is -3.19. The van der Waals surface area contributed by atoms with E-state index in [-0.39, 0.29) is 11.9 Å². The molecule has 1 aromatic rings. The highest BCUT2D eigenvalue weighted by molar-refractivity contribution is 7.88. The molecule has 1 amide bonds. The van der Waals surface area contributed by atoms with Crippen molar-refractivity contribution >= 4 is 15.9 Å². The molecule has 0 spiro atoms. The van der Waals surface area contributed by atoms with Gasteiger partial charge in [0.1, 0.15) is 5.69 Å². The van der Waals surface area contributed by atoms with Gasteiger partial charge in [-0.1, -0.05) is 0 Å². The molecule has 2 aliphatic heterocycles. The molecular formula is C19H33N5O4S. The van der Waals surface area contributed by atoms with E-state index in [0.717, 1.165) is 38.9 Å².